The molecule has 2 rings (SSSR count). The molecule has 0 fully saturated rings. The first kappa shape index (κ1) is 18.3. The van der Waals surface area contributed by atoms with Crippen molar-refractivity contribution in [1.82, 2.24) is 0 Å². The Morgan fingerprint density at radius 1 is 0.917 bits per heavy atom. The minimum atomic E-state index is -4.93. The van der Waals surface area contributed by atoms with Gasteiger partial charge in [-0.25, -0.2) is 0 Å². The largest absolute Gasteiger partial charge is 0.573 e. The fraction of sp³-hybridized carbons (Fsp3) is 0.200. The molecule has 0 saturated heterocycles. The van der Waals surface area contributed by atoms with E-state index in [0.29, 0.717) is 0 Å². The van der Waals surface area contributed by atoms with Crippen LogP contribution in [0.2, 0.25) is 5.02 Å². The van der Waals surface area contributed by atoms with Gasteiger partial charge in [0.15, 0.2) is 0 Å². The molecule has 0 aliphatic carbocycles. The summed E-state index contributed by atoms with van der Waals surface area (Å²) in [5, 5.41) is -0.0660. The standard InChI is InChI=1S/C15H9ClF6O2/c16-12-5-2-6-13(24-15(20,21)22)11(12)8-23-10-4-1-3-9(7-10)14(17,18)19/h1-7H,8H2. The van der Waals surface area contributed by atoms with Crippen LogP contribution in [0.3, 0.4) is 0 Å². The molecule has 2 nitrogen and oxygen atoms in total. The number of benzene rings is 2. The highest BCUT2D eigenvalue weighted by Crippen LogP contribution is 2.34. The lowest BCUT2D eigenvalue weighted by molar-refractivity contribution is -0.275. The van der Waals surface area contributed by atoms with E-state index in [0.717, 1.165) is 24.3 Å². The van der Waals surface area contributed by atoms with Crippen LogP contribution in [0.25, 0.3) is 0 Å². The van der Waals surface area contributed by atoms with Gasteiger partial charge in [0.25, 0.3) is 0 Å². The topological polar surface area (TPSA) is 18.5 Å². The molecule has 130 valence electrons. The maximum Gasteiger partial charge on any atom is 0.573 e. The predicted molar refractivity (Wildman–Crippen MR) is 73.9 cm³/mol. The van der Waals surface area contributed by atoms with Gasteiger partial charge >= 0.3 is 12.5 Å². The third kappa shape index (κ3) is 4.95. The Labute approximate surface area is 137 Å². The maximum absolute atomic E-state index is 12.6. The van der Waals surface area contributed by atoms with E-state index in [9.17, 15) is 26.3 Å². The van der Waals surface area contributed by atoms with E-state index in [2.05, 4.69) is 4.74 Å². The molecule has 0 heterocycles. The third-order valence-corrected chi connectivity index (χ3v) is 3.20. The van der Waals surface area contributed by atoms with Gasteiger partial charge < -0.3 is 9.47 Å². The highest BCUT2D eigenvalue weighted by molar-refractivity contribution is 6.31. The average Bonchev–Trinajstić information content (AvgIpc) is 2.44. The summed E-state index contributed by atoms with van der Waals surface area (Å²) in [6, 6.07) is 7.55. The SMILES string of the molecule is FC(F)(F)Oc1cccc(Cl)c1COc1cccc(C(F)(F)F)c1. The fourth-order valence-corrected chi connectivity index (χ4v) is 2.04. The quantitative estimate of drug-likeness (QED) is 0.630. The summed E-state index contributed by atoms with van der Waals surface area (Å²) in [6.45, 7) is -0.494. The molecule has 24 heavy (non-hydrogen) atoms. The van der Waals surface area contributed by atoms with Crippen molar-refractivity contribution in [2.45, 2.75) is 19.1 Å². The average molecular weight is 371 g/mol. The van der Waals surface area contributed by atoms with Crippen molar-refractivity contribution in [3.63, 3.8) is 0 Å². The molecular weight excluding hydrogens is 362 g/mol. The van der Waals surface area contributed by atoms with Crippen LogP contribution in [-0.2, 0) is 12.8 Å². The monoisotopic (exact) mass is 370 g/mol. The van der Waals surface area contributed by atoms with Gasteiger partial charge in [-0.15, -0.1) is 13.2 Å². The minimum absolute atomic E-state index is 0.0660. The van der Waals surface area contributed by atoms with Gasteiger partial charge in [-0.05, 0) is 30.3 Å². The van der Waals surface area contributed by atoms with E-state index in [1.807, 2.05) is 0 Å². The zero-order valence-electron chi connectivity index (χ0n) is 11.7. The zero-order valence-corrected chi connectivity index (χ0v) is 12.5. The molecule has 0 saturated carbocycles. The Balaban J connectivity index is 2.21. The third-order valence-electron chi connectivity index (χ3n) is 2.85. The highest BCUT2D eigenvalue weighted by atomic mass is 35.5. The molecule has 0 unspecified atom stereocenters. The van der Waals surface area contributed by atoms with Crippen molar-refractivity contribution >= 4 is 11.6 Å². The van der Waals surface area contributed by atoms with Gasteiger partial charge in [-0.3, -0.25) is 0 Å². The molecule has 0 spiro atoms. The molecule has 0 aliphatic heterocycles. The van der Waals surface area contributed by atoms with Crippen LogP contribution in [0.5, 0.6) is 11.5 Å². The van der Waals surface area contributed by atoms with E-state index in [1.54, 1.807) is 0 Å². The van der Waals surface area contributed by atoms with E-state index < -0.39 is 30.5 Å². The molecular formula is C15H9ClF6O2. The van der Waals surface area contributed by atoms with Gasteiger partial charge in [-0.2, -0.15) is 13.2 Å². The van der Waals surface area contributed by atoms with Gasteiger partial charge in [0, 0.05) is 0 Å². The first-order valence-corrected chi connectivity index (χ1v) is 6.77. The van der Waals surface area contributed by atoms with Crippen molar-refractivity contribution in [2.24, 2.45) is 0 Å². The van der Waals surface area contributed by atoms with Crippen LogP contribution in [0, 0.1) is 0 Å². The molecule has 0 aromatic heterocycles. The van der Waals surface area contributed by atoms with E-state index >= 15 is 0 Å². The van der Waals surface area contributed by atoms with Crippen molar-refractivity contribution in [1.29, 1.82) is 0 Å². The molecule has 0 radical (unpaired) electrons. The highest BCUT2D eigenvalue weighted by Gasteiger charge is 2.33. The molecule has 0 N–H and O–H groups in total. The van der Waals surface area contributed by atoms with Crippen molar-refractivity contribution < 1.29 is 35.8 Å². The molecule has 2 aromatic carbocycles. The van der Waals surface area contributed by atoms with Crippen LogP contribution in [-0.4, -0.2) is 6.36 Å². The summed E-state index contributed by atoms with van der Waals surface area (Å²) in [5.41, 5.74) is -1.07. The first-order valence-electron chi connectivity index (χ1n) is 6.39. The van der Waals surface area contributed by atoms with Crippen LogP contribution in [0.4, 0.5) is 26.3 Å². The molecule has 2 aromatic rings. The number of rotatable bonds is 4. The Kier molecular flexibility index (Phi) is 5.17. The Morgan fingerprint density at radius 3 is 2.21 bits per heavy atom. The minimum Gasteiger partial charge on any atom is -0.489 e. The smallest absolute Gasteiger partial charge is 0.489 e. The van der Waals surface area contributed by atoms with Gasteiger partial charge in [-0.1, -0.05) is 23.7 Å². The summed E-state index contributed by atoms with van der Waals surface area (Å²) in [6.07, 6.45) is -9.50. The number of ether oxygens (including phenoxy) is 2. The summed E-state index contributed by atoms with van der Waals surface area (Å²) < 4.78 is 83.9. The number of alkyl halides is 6. The normalized spacial score (nSPS) is 12.1. The van der Waals surface area contributed by atoms with Crippen LogP contribution >= 0.6 is 11.6 Å². The summed E-state index contributed by atoms with van der Waals surface area (Å²) in [7, 11) is 0. The zero-order chi connectivity index (χ0) is 18.0. The molecule has 0 atom stereocenters. The van der Waals surface area contributed by atoms with Gasteiger partial charge in [0.2, 0.25) is 0 Å². The van der Waals surface area contributed by atoms with Gasteiger partial charge in [0.1, 0.15) is 18.1 Å². The van der Waals surface area contributed by atoms with Crippen LogP contribution in [0.15, 0.2) is 42.5 Å². The number of hydrogen-bond acceptors (Lipinski definition) is 2. The molecule has 0 bridgehead atoms. The fourth-order valence-electron chi connectivity index (χ4n) is 1.82. The Hall–Kier alpha value is -2.09. The maximum atomic E-state index is 12.6. The molecule has 0 amide bonds. The van der Waals surface area contributed by atoms with E-state index in [4.69, 9.17) is 16.3 Å². The first-order chi connectivity index (χ1) is 11.1. The lowest BCUT2D eigenvalue weighted by Crippen LogP contribution is -2.18. The predicted octanol–water partition coefficient (Wildman–Crippen LogP) is 5.84. The molecule has 0 aliphatic rings. The molecule has 9 heteroatoms. The van der Waals surface area contributed by atoms with Gasteiger partial charge in [0.05, 0.1) is 16.1 Å². The van der Waals surface area contributed by atoms with Crippen molar-refractivity contribution in [2.75, 3.05) is 0 Å². The number of halogens is 7. The van der Waals surface area contributed by atoms with Crippen LogP contribution < -0.4 is 9.47 Å². The summed E-state index contributed by atoms with van der Waals surface area (Å²) in [5.74, 6) is -0.746. The van der Waals surface area contributed by atoms with Crippen LogP contribution in [0.1, 0.15) is 11.1 Å². The lowest BCUT2D eigenvalue weighted by atomic mass is 10.2. The van der Waals surface area contributed by atoms with E-state index in [1.165, 1.54) is 18.2 Å². The Morgan fingerprint density at radius 2 is 1.58 bits per heavy atom. The van der Waals surface area contributed by atoms with E-state index in [-0.39, 0.29) is 16.3 Å². The Bertz CT molecular complexity index is 712. The van der Waals surface area contributed by atoms with Crippen molar-refractivity contribution in [3.05, 3.63) is 58.6 Å². The second-order valence-corrected chi connectivity index (χ2v) is 4.99. The van der Waals surface area contributed by atoms with Crippen molar-refractivity contribution in [3.8, 4) is 11.5 Å². The summed E-state index contributed by atoms with van der Waals surface area (Å²) >= 11 is 5.82. The summed E-state index contributed by atoms with van der Waals surface area (Å²) in [4.78, 5) is 0. The second kappa shape index (κ2) is 6.80. The second-order valence-electron chi connectivity index (χ2n) is 4.58. The lowest BCUT2D eigenvalue weighted by Gasteiger charge is -2.15. The number of hydrogen-bond donors (Lipinski definition) is 0.